The molecule has 19 heavy (non-hydrogen) atoms. The van der Waals surface area contributed by atoms with Crippen molar-refractivity contribution in [3.63, 3.8) is 0 Å². The zero-order valence-electron chi connectivity index (χ0n) is 10.5. The van der Waals surface area contributed by atoms with E-state index < -0.39 is 11.6 Å². The highest BCUT2D eigenvalue weighted by molar-refractivity contribution is 9.10. The Bertz CT molecular complexity index is 617. The molecule has 100 valence electrons. The molecular formula is C13H12BrF2N3. The molecule has 0 bridgehead atoms. The minimum absolute atomic E-state index is 0.145. The van der Waals surface area contributed by atoms with Crippen molar-refractivity contribution in [2.45, 2.75) is 13.8 Å². The summed E-state index contributed by atoms with van der Waals surface area (Å²) in [4.78, 5) is 8.23. The van der Waals surface area contributed by atoms with Crippen molar-refractivity contribution in [3.8, 4) is 11.3 Å². The van der Waals surface area contributed by atoms with Gasteiger partial charge < -0.3 is 5.32 Å². The Hall–Kier alpha value is -1.56. The number of aromatic nitrogens is 2. The summed E-state index contributed by atoms with van der Waals surface area (Å²) in [7, 11) is 0. The standard InChI is InChI=1S/C13H12BrF2N3/c1-3-17-13-18-6-7(2)12(19-13)10-9(15)5-4-8(14)11(10)16/h4-6H,3H2,1-2H3,(H,17,18,19). The van der Waals surface area contributed by atoms with E-state index in [0.717, 1.165) is 0 Å². The Morgan fingerprint density at radius 1 is 1.32 bits per heavy atom. The average molecular weight is 328 g/mol. The van der Waals surface area contributed by atoms with Crippen molar-refractivity contribution in [2.24, 2.45) is 0 Å². The molecule has 0 aliphatic rings. The second kappa shape index (κ2) is 5.61. The van der Waals surface area contributed by atoms with E-state index in [2.05, 4.69) is 31.2 Å². The Labute approximate surface area is 118 Å². The van der Waals surface area contributed by atoms with Gasteiger partial charge in [0.25, 0.3) is 0 Å². The van der Waals surface area contributed by atoms with Gasteiger partial charge in [-0.15, -0.1) is 0 Å². The lowest BCUT2D eigenvalue weighted by Gasteiger charge is -2.10. The predicted octanol–water partition coefficient (Wildman–Crippen LogP) is 3.92. The van der Waals surface area contributed by atoms with Crippen molar-refractivity contribution in [2.75, 3.05) is 11.9 Å². The van der Waals surface area contributed by atoms with Crippen LogP contribution in [0.15, 0.2) is 22.8 Å². The molecule has 1 aromatic carbocycles. The van der Waals surface area contributed by atoms with E-state index in [4.69, 9.17) is 0 Å². The van der Waals surface area contributed by atoms with E-state index in [9.17, 15) is 8.78 Å². The molecule has 0 amide bonds. The topological polar surface area (TPSA) is 37.8 Å². The van der Waals surface area contributed by atoms with Crippen LogP contribution in [-0.4, -0.2) is 16.5 Å². The van der Waals surface area contributed by atoms with Gasteiger partial charge in [0.2, 0.25) is 5.95 Å². The summed E-state index contributed by atoms with van der Waals surface area (Å²) in [6.45, 7) is 4.24. The number of nitrogens with one attached hydrogen (secondary N) is 1. The van der Waals surface area contributed by atoms with E-state index in [1.54, 1.807) is 13.1 Å². The minimum Gasteiger partial charge on any atom is -0.354 e. The highest BCUT2D eigenvalue weighted by Crippen LogP contribution is 2.31. The van der Waals surface area contributed by atoms with Gasteiger partial charge in [0.1, 0.15) is 11.6 Å². The molecule has 1 N–H and O–H groups in total. The third-order valence-electron chi connectivity index (χ3n) is 2.59. The van der Waals surface area contributed by atoms with Gasteiger partial charge in [0.15, 0.2) is 0 Å². The van der Waals surface area contributed by atoms with Crippen LogP contribution in [0.2, 0.25) is 0 Å². The number of benzene rings is 1. The lowest BCUT2D eigenvalue weighted by molar-refractivity contribution is 0.584. The van der Waals surface area contributed by atoms with E-state index in [1.165, 1.54) is 12.1 Å². The molecule has 3 nitrogen and oxygen atoms in total. The van der Waals surface area contributed by atoms with Gasteiger partial charge in [0, 0.05) is 12.7 Å². The molecule has 0 unspecified atom stereocenters. The third kappa shape index (κ3) is 2.73. The minimum atomic E-state index is -0.663. The van der Waals surface area contributed by atoms with Crippen LogP contribution < -0.4 is 5.32 Å². The molecule has 2 rings (SSSR count). The summed E-state index contributed by atoms with van der Waals surface area (Å²) >= 11 is 3.05. The largest absolute Gasteiger partial charge is 0.354 e. The zero-order valence-corrected chi connectivity index (χ0v) is 12.1. The Kier molecular flexibility index (Phi) is 4.09. The molecule has 0 radical (unpaired) electrons. The summed E-state index contributed by atoms with van der Waals surface area (Å²) in [6, 6.07) is 2.53. The summed E-state index contributed by atoms with van der Waals surface area (Å²) in [5, 5.41) is 2.92. The van der Waals surface area contributed by atoms with Crippen LogP contribution in [-0.2, 0) is 0 Å². The van der Waals surface area contributed by atoms with Crippen LogP contribution in [0.25, 0.3) is 11.3 Å². The van der Waals surface area contributed by atoms with Crippen molar-refractivity contribution in [1.29, 1.82) is 0 Å². The highest BCUT2D eigenvalue weighted by atomic mass is 79.9. The highest BCUT2D eigenvalue weighted by Gasteiger charge is 2.18. The van der Waals surface area contributed by atoms with Crippen LogP contribution in [0.3, 0.4) is 0 Å². The van der Waals surface area contributed by atoms with E-state index in [1.807, 2.05) is 6.92 Å². The predicted molar refractivity (Wildman–Crippen MR) is 74.0 cm³/mol. The van der Waals surface area contributed by atoms with Crippen LogP contribution in [0.1, 0.15) is 12.5 Å². The molecule has 0 atom stereocenters. The monoisotopic (exact) mass is 327 g/mol. The molecule has 2 aromatic rings. The SMILES string of the molecule is CCNc1ncc(C)c(-c2c(F)ccc(Br)c2F)n1. The lowest BCUT2D eigenvalue weighted by Crippen LogP contribution is -2.05. The molecule has 0 saturated carbocycles. The second-order valence-electron chi connectivity index (χ2n) is 3.97. The first-order chi connectivity index (χ1) is 9.04. The molecule has 0 saturated heterocycles. The fourth-order valence-electron chi connectivity index (χ4n) is 1.68. The Morgan fingerprint density at radius 3 is 2.74 bits per heavy atom. The van der Waals surface area contributed by atoms with Crippen molar-refractivity contribution < 1.29 is 8.78 Å². The number of aryl methyl sites for hydroxylation is 1. The maximum Gasteiger partial charge on any atom is 0.223 e. The Balaban J connectivity index is 2.64. The molecule has 0 aliphatic carbocycles. The second-order valence-corrected chi connectivity index (χ2v) is 4.83. The molecule has 1 heterocycles. The first-order valence-corrected chi connectivity index (χ1v) is 6.55. The maximum atomic E-state index is 14.1. The van der Waals surface area contributed by atoms with Gasteiger partial charge in [-0.05, 0) is 47.5 Å². The molecule has 0 fully saturated rings. The summed E-state index contributed by atoms with van der Waals surface area (Å²) in [5.74, 6) is -0.962. The summed E-state index contributed by atoms with van der Waals surface area (Å²) < 4.78 is 28.2. The number of rotatable bonds is 3. The maximum absolute atomic E-state index is 14.1. The zero-order chi connectivity index (χ0) is 14.0. The van der Waals surface area contributed by atoms with Gasteiger partial charge in [-0.25, -0.2) is 18.7 Å². The van der Waals surface area contributed by atoms with Gasteiger partial charge >= 0.3 is 0 Å². The summed E-state index contributed by atoms with van der Waals surface area (Å²) in [6.07, 6.45) is 1.54. The fourth-order valence-corrected chi connectivity index (χ4v) is 2.01. The first-order valence-electron chi connectivity index (χ1n) is 5.76. The van der Waals surface area contributed by atoms with Gasteiger partial charge in [-0.2, -0.15) is 0 Å². The van der Waals surface area contributed by atoms with Crippen molar-refractivity contribution in [3.05, 3.63) is 40.0 Å². The van der Waals surface area contributed by atoms with Crippen LogP contribution in [0, 0.1) is 18.6 Å². The van der Waals surface area contributed by atoms with E-state index in [0.29, 0.717) is 18.1 Å². The Morgan fingerprint density at radius 2 is 2.05 bits per heavy atom. The van der Waals surface area contributed by atoms with Gasteiger partial charge in [-0.3, -0.25) is 0 Å². The number of hydrogen-bond donors (Lipinski definition) is 1. The van der Waals surface area contributed by atoms with Crippen LogP contribution in [0.5, 0.6) is 0 Å². The molecule has 0 aliphatic heterocycles. The third-order valence-corrected chi connectivity index (χ3v) is 3.20. The number of halogens is 3. The van der Waals surface area contributed by atoms with Gasteiger partial charge in [-0.1, -0.05) is 0 Å². The molecule has 1 aromatic heterocycles. The molecule has 6 heteroatoms. The number of nitrogens with zero attached hydrogens (tertiary/aromatic N) is 2. The van der Waals surface area contributed by atoms with E-state index >= 15 is 0 Å². The normalized spacial score (nSPS) is 10.6. The van der Waals surface area contributed by atoms with Gasteiger partial charge in [0.05, 0.1) is 15.7 Å². The average Bonchev–Trinajstić information content (AvgIpc) is 2.38. The van der Waals surface area contributed by atoms with Crippen LogP contribution >= 0.6 is 15.9 Å². The smallest absolute Gasteiger partial charge is 0.223 e. The molecular weight excluding hydrogens is 316 g/mol. The number of hydrogen-bond acceptors (Lipinski definition) is 3. The van der Waals surface area contributed by atoms with Crippen molar-refractivity contribution >= 4 is 21.9 Å². The van der Waals surface area contributed by atoms with Crippen molar-refractivity contribution in [1.82, 2.24) is 9.97 Å². The van der Waals surface area contributed by atoms with Crippen LogP contribution in [0.4, 0.5) is 14.7 Å². The first kappa shape index (κ1) is 13.9. The lowest BCUT2D eigenvalue weighted by atomic mass is 10.1. The number of anilines is 1. The summed E-state index contributed by atoms with van der Waals surface area (Å²) in [5.41, 5.74) is 0.716. The molecule has 0 spiro atoms. The fraction of sp³-hybridized carbons (Fsp3) is 0.231. The quantitative estimate of drug-likeness (QED) is 0.868. The van der Waals surface area contributed by atoms with E-state index in [-0.39, 0.29) is 15.7 Å².